The fourth-order valence-corrected chi connectivity index (χ4v) is 4.84. The molecule has 1 rings (SSSR count). The van der Waals surface area contributed by atoms with Crippen molar-refractivity contribution >= 4 is 36.6 Å². The molecule has 0 amide bonds. The Hall–Kier alpha value is 0.229. The first-order valence-electron chi connectivity index (χ1n) is 4.47. The maximum atomic E-state index is 4.49. The van der Waals surface area contributed by atoms with Crippen LogP contribution < -0.4 is 3.71 Å². The molecule has 0 saturated heterocycles. The molecule has 1 aromatic heterocycles. The maximum absolute atomic E-state index is 4.49. The minimum atomic E-state index is -0.387. The number of unbranched alkanes of at least 4 members (excludes halogenated alkanes) is 1. The molecule has 2 radical (unpaired) electrons. The van der Waals surface area contributed by atoms with Crippen LogP contribution in [-0.4, -0.2) is 37.4 Å². The molecular formula is C9H14N2SSn. The van der Waals surface area contributed by atoms with Gasteiger partial charge in [0, 0.05) is 0 Å². The summed E-state index contributed by atoms with van der Waals surface area (Å²) in [6.07, 6.45) is 6.59. The third-order valence-electron chi connectivity index (χ3n) is 1.65. The Labute approximate surface area is 94.2 Å². The molecule has 0 N–H and O–H groups in total. The number of hydrogen-bond acceptors (Lipinski definition) is 3. The van der Waals surface area contributed by atoms with E-state index in [2.05, 4.69) is 23.0 Å². The molecule has 0 saturated carbocycles. The average molecular weight is 301 g/mol. The van der Waals surface area contributed by atoms with Crippen molar-refractivity contribution in [3.63, 3.8) is 0 Å². The van der Waals surface area contributed by atoms with Gasteiger partial charge in [0.05, 0.1) is 0 Å². The normalized spacial score (nSPS) is 10.3. The van der Waals surface area contributed by atoms with Crippen molar-refractivity contribution in [2.45, 2.75) is 29.4 Å². The fourth-order valence-electron chi connectivity index (χ4n) is 0.931. The molecule has 2 nitrogen and oxygen atoms in total. The zero-order valence-electron chi connectivity index (χ0n) is 8.08. The fraction of sp³-hybridized carbons (Fsp3) is 0.556. The van der Waals surface area contributed by atoms with Crippen LogP contribution in [0.2, 0.25) is 4.44 Å². The third kappa shape index (κ3) is 4.31. The van der Waals surface area contributed by atoms with Gasteiger partial charge >= 0.3 is 94.5 Å². The van der Waals surface area contributed by atoms with Crippen molar-refractivity contribution < 1.29 is 0 Å². The molecule has 0 unspecified atom stereocenters. The molecule has 0 aliphatic rings. The predicted octanol–water partition coefficient (Wildman–Crippen LogP) is 1.75. The molecule has 0 bridgehead atoms. The van der Waals surface area contributed by atoms with E-state index in [1.54, 1.807) is 11.8 Å². The number of hydrogen-bond donors (Lipinski definition) is 0. The van der Waals surface area contributed by atoms with E-state index >= 15 is 0 Å². The number of thioether (sulfide) groups is 1. The Bertz CT molecular complexity index is 255. The van der Waals surface area contributed by atoms with Crippen molar-refractivity contribution in [3.8, 4) is 0 Å². The van der Waals surface area contributed by atoms with Crippen LogP contribution in [0.1, 0.15) is 19.8 Å². The van der Waals surface area contributed by atoms with Gasteiger partial charge in [-0.3, -0.25) is 0 Å². The number of rotatable bonds is 5. The Kier molecular flexibility index (Phi) is 5.78. The van der Waals surface area contributed by atoms with Crippen molar-refractivity contribution in [1.29, 1.82) is 0 Å². The second kappa shape index (κ2) is 6.65. The summed E-state index contributed by atoms with van der Waals surface area (Å²) in [6, 6.07) is 2.08. The van der Waals surface area contributed by atoms with Crippen LogP contribution in [0.15, 0.2) is 17.4 Å². The van der Waals surface area contributed by atoms with Gasteiger partial charge in [0.1, 0.15) is 0 Å². The van der Waals surface area contributed by atoms with E-state index in [1.807, 2.05) is 12.5 Å². The van der Waals surface area contributed by atoms with Crippen LogP contribution in [0.25, 0.3) is 0 Å². The minimum absolute atomic E-state index is 0.387. The third-order valence-corrected chi connectivity index (χ3v) is 5.77. The second-order valence-electron chi connectivity index (χ2n) is 2.71. The quantitative estimate of drug-likeness (QED) is 0.359. The van der Waals surface area contributed by atoms with Crippen molar-refractivity contribution in [3.05, 3.63) is 12.3 Å². The molecule has 13 heavy (non-hydrogen) atoms. The van der Waals surface area contributed by atoms with Gasteiger partial charge in [-0.05, 0) is 0 Å². The molecule has 0 aliphatic carbocycles. The van der Waals surface area contributed by atoms with E-state index in [9.17, 15) is 0 Å². The standard InChI is InChI=1S/C5H5N2S.C4H9.Sn/c1-8-5-6-3-2-4-7-5;1-3-4-2;/h2-3H,1H3;1,3-4H2,2H3;. The zero-order valence-corrected chi connectivity index (χ0v) is 11.7. The van der Waals surface area contributed by atoms with Gasteiger partial charge in [0.2, 0.25) is 0 Å². The van der Waals surface area contributed by atoms with Gasteiger partial charge < -0.3 is 0 Å². The molecule has 0 spiro atoms. The molecule has 1 aromatic rings. The van der Waals surface area contributed by atoms with Crippen LogP contribution in [0.5, 0.6) is 0 Å². The van der Waals surface area contributed by atoms with E-state index in [1.165, 1.54) is 21.0 Å². The van der Waals surface area contributed by atoms with E-state index in [-0.39, 0.29) is 21.1 Å². The van der Waals surface area contributed by atoms with Gasteiger partial charge in [0.15, 0.2) is 0 Å². The molecule has 0 atom stereocenters. The van der Waals surface area contributed by atoms with Gasteiger partial charge in [0.25, 0.3) is 0 Å². The molecule has 70 valence electrons. The van der Waals surface area contributed by atoms with Crippen LogP contribution in [-0.2, 0) is 0 Å². The first-order chi connectivity index (χ1) is 6.36. The van der Waals surface area contributed by atoms with E-state index in [4.69, 9.17) is 0 Å². The van der Waals surface area contributed by atoms with Crippen LogP contribution in [0.3, 0.4) is 0 Å². The molecule has 0 fully saturated rings. The summed E-state index contributed by atoms with van der Waals surface area (Å²) in [7, 11) is 0. The van der Waals surface area contributed by atoms with Gasteiger partial charge in [-0.15, -0.1) is 0 Å². The topological polar surface area (TPSA) is 25.8 Å². The summed E-state index contributed by atoms with van der Waals surface area (Å²) < 4.78 is 2.75. The predicted molar refractivity (Wildman–Crippen MR) is 58.9 cm³/mol. The van der Waals surface area contributed by atoms with Gasteiger partial charge in [-0.25, -0.2) is 0 Å². The Morgan fingerprint density at radius 2 is 2.38 bits per heavy atom. The van der Waals surface area contributed by atoms with Gasteiger partial charge in [-0.1, -0.05) is 0 Å². The number of nitrogens with zero attached hydrogens (tertiary/aromatic N) is 2. The average Bonchev–Trinajstić information content (AvgIpc) is 2.19. The SMILES string of the molecule is CCC[CH2][Sn][c]1ccnc(SC)n1. The summed E-state index contributed by atoms with van der Waals surface area (Å²) in [5, 5.41) is 0.926. The molecule has 4 heteroatoms. The van der Waals surface area contributed by atoms with E-state index in [0.29, 0.717) is 0 Å². The van der Waals surface area contributed by atoms with Crippen LogP contribution in [0, 0.1) is 0 Å². The van der Waals surface area contributed by atoms with Crippen molar-refractivity contribution in [1.82, 2.24) is 9.97 Å². The summed E-state index contributed by atoms with van der Waals surface area (Å²) in [4.78, 5) is 8.66. The van der Waals surface area contributed by atoms with Crippen molar-refractivity contribution in [2.75, 3.05) is 6.26 Å². The first-order valence-corrected chi connectivity index (χ1v) is 9.14. The molecule has 0 aromatic carbocycles. The Morgan fingerprint density at radius 1 is 1.54 bits per heavy atom. The van der Waals surface area contributed by atoms with Crippen LogP contribution in [0.4, 0.5) is 0 Å². The summed E-state index contributed by atoms with van der Waals surface area (Å²) >= 11 is 1.24. The Balaban J connectivity index is 2.46. The second-order valence-corrected chi connectivity index (χ2v) is 7.38. The Morgan fingerprint density at radius 3 is 3.08 bits per heavy atom. The zero-order chi connectivity index (χ0) is 9.52. The summed E-state index contributed by atoms with van der Waals surface area (Å²) in [5.41, 5.74) is 0. The summed E-state index contributed by atoms with van der Waals surface area (Å²) in [6.45, 7) is 2.24. The van der Waals surface area contributed by atoms with E-state index in [0.717, 1.165) is 5.16 Å². The van der Waals surface area contributed by atoms with Crippen LogP contribution >= 0.6 is 11.8 Å². The molecule has 0 aliphatic heterocycles. The molecule has 1 heterocycles. The monoisotopic (exact) mass is 302 g/mol. The molecular weight excluding hydrogens is 287 g/mol. The first kappa shape index (κ1) is 11.3. The number of aromatic nitrogens is 2. The van der Waals surface area contributed by atoms with Crippen molar-refractivity contribution in [2.24, 2.45) is 0 Å². The van der Waals surface area contributed by atoms with Gasteiger partial charge in [-0.2, -0.15) is 0 Å². The van der Waals surface area contributed by atoms with E-state index < -0.39 is 0 Å². The summed E-state index contributed by atoms with van der Waals surface area (Å²) in [5.74, 6) is 0.